The van der Waals surface area contributed by atoms with Crippen molar-refractivity contribution in [2.24, 2.45) is 0 Å². The summed E-state index contributed by atoms with van der Waals surface area (Å²) in [5.41, 5.74) is 8.79. The molecule has 2 heteroatoms. The monoisotopic (exact) mass is 390 g/mol. The largest absolute Gasteiger partial charge is 0.236 e. The molecule has 0 N–H and O–H groups in total. The number of nitrogens with zero attached hydrogens (tertiary/aromatic N) is 2. The average Bonchev–Trinajstić information content (AvgIpc) is 2.79. The van der Waals surface area contributed by atoms with E-state index in [-0.39, 0.29) is 10.8 Å². The Labute approximate surface area is 178 Å². The van der Waals surface area contributed by atoms with Crippen LogP contribution in [0.15, 0.2) is 85.2 Å². The van der Waals surface area contributed by atoms with E-state index in [2.05, 4.69) is 80.1 Å². The van der Waals surface area contributed by atoms with Crippen LogP contribution in [0.25, 0.3) is 22.5 Å². The lowest BCUT2D eigenvalue weighted by atomic mass is 9.60. The first-order valence-electron chi connectivity index (χ1n) is 10.5. The normalized spacial score (nSPS) is 15.9. The van der Waals surface area contributed by atoms with Crippen molar-refractivity contribution in [3.05, 3.63) is 107 Å². The van der Waals surface area contributed by atoms with Gasteiger partial charge in [0.2, 0.25) is 0 Å². The van der Waals surface area contributed by atoms with E-state index in [9.17, 15) is 0 Å². The summed E-state index contributed by atoms with van der Waals surface area (Å²) in [4.78, 5) is 9.25. The van der Waals surface area contributed by atoms with Crippen molar-refractivity contribution in [1.29, 1.82) is 0 Å². The van der Waals surface area contributed by atoms with E-state index in [4.69, 9.17) is 0 Å². The van der Waals surface area contributed by atoms with Crippen LogP contribution in [0.4, 0.5) is 0 Å². The molecule has 1 aliphatic carbocycles. The van der Waals surface area contributed by atoms with Crippen LogP contribution in [-0.4, -0.2) is 9.97 Å². The van der Waals surface area contributed by atoms with Gasteiger partial charge in [-0.15, -0.1) is 0 Å². The Bertz CT molecular complexity index is 1220. The molecule has 0 unspecified atom stereocenters. The Morgan fingerprint density at radius 1 is 0.500 bits per heavy atom. The predicted molar refractivity (Wildman–Crippen MR) is 124 cm³/mol. The average molecular weight is 391 g/mol. The van der Waals surface area contributed by atoms with Gasteiger partial charge in [0, 0.05) is 34.4 Å². The van der Waals surface area contributed by atoms with Crippen molar-refractivity contribution in [2.75, 3.05) is 0 Å². The second-order valence-electron chi connectivity index (χ2n) is 9.22. The maximum absolute atomic E-state index is 4.63. The third kappa shape index (κ3) is 2.79. The number of hydrogen-bond donors (Lipinski definition) is 0. The summed E-state index contributed by atoms with van der Waals surface area (Å²) in [5.74, 6) is 0.757. The van der Waals surface area contributed by atoms with E-state index in [1.165, 1.54) is 22.3 Å². The fraction of sp³-hybridized carbons (Fsp3) is 0.214. The van der Waals surface area contributed by atoms with Crippen LogP contribution in [0.5, 0.6) is 0 Å². The summed E-state index contributed by atoms with van der Waals surface area (Å²) < 4.78 is 0. The molecule has 4 aromatic rings. The van der Waals surface area contributed by atoms with E-state index >= 15 is 0 Å². The van der Waals surface area contributed by atoms with Crippen molar-refractivity contribution >= 4 is 0 Å². The van der Waals surface area contributed by atoms with Crippen molar-refractivity contribution in [3.8, 4) is 22.5 Å². The van der Waals surface area contributed by atoms with E-state index in [1.807, 2.05) is 42.7 Å². The maximum atomic E-state index is 4.63. The highest BCUT2D eigenvalue weighted by Crippen LogP contribution is 2.50. The number of benzene rings is 3. The molecule has 30 heavy (non-hydrogen) atoms. The first-order chi connectivity index (χ1) is 14.4. The van der Waals surface area contributed by atoms with Crippen LogP contribution in [0, 0.1) is 0 Å². The highest BCUT2D eigenvalue weighted by atomic mass is 14.9. The zero-order valence-electron chi connectivity index (χ0n) is 18.0. The van der Waals surface area contributed by atoms with Gasteiger partial charge in [-0.3, -0.25) is 0 Å². The first-order valence-corrected chi connectivity index (χ1v) is 10.5. The minimum absolute atomic E-state index is 0.0202. The van der Waals surface area contributed by atoms with Crippen LogP contribution < -0.4 is 0 Å². The Hall–Kier alpha value is -3.26. The second kappa shape index (κ2) is 6.63. The van der Waals surface area contributed by atoms with E-state index in [0.717, 1.165) is 22.5 Å². The number of hydrogen-bond acceptors (Lipinski definition) is 2. The van der Waals surface area contributed by atoms with Crippen LogP contribution >= 0.6 is 0 Å². The molecule has 5 rings (SSSR count). The smallest absolute Gasteiger partial charge is 0.159 e. The molecule has 0 amide bonds. The van der Waals surface area contributed by atoms with Crippen molar-refractivity contribution in [2.45, 2.75) is 38.5 Å². The van der Waals surface area contributed by atoms with E-state index < -0.39 is 0 Å². The molecule has 0 saturated carbocycles. The molecule has 2 nitrogen and oxygen atoms in total. The third-order valence-electron chi connectivity index (χ3n) is 6.66. The Kier molecular flexibility index (Phi) is 4.14. The standard InChI is InChI=1S/C28H26N2/c1-27(2)22-12-8-9-13-23(22)28(3,4)25-16-20(14-15-24(25)27)21-17-29-26(30-18-21)19-10-6-5-7-11-19/h5-18H,1-4H3. The summed E-state index contributed by atoms with van der Waals surface area (Å²) in [5, 5.41) is 0. The van der Waals surface area contributed by atoms with Gasteiger partial charge in [-0.2, -0.15) is 0 Å². The molecule has 0 radical (unpaired) electrons. The molecule has 0 bridgehead atoms. The molecule has 0 atom stereocenters. The fourth-order valence-electron chi connectivity index (χ4n) is 4.86. The summed E-state index contributed by atoms with van der Waals surface area (Å²) in [6.07, 6.45) is 3.87. The molecular formula is C28H26N2. The molecule has 1 aromatic heterocycles. The lowest BCUT2D eigenvalue weighted by Gasteiger charge is -2.44. The molecule has 148 valence electrons. The van der Waals surface area contributed by atoms with Crippen molar-refractivity contribution < 1.29 is 0 Å². The minimum atomic E-state index is -0.0533. The van der Waals surface area contributed by atoms with Gasteiger partial charge in [0.25, 0.3) is 0 Å². The maximum Gasteiger partial charge on any atom is 0.159 e. The topological polar surface area (TPSA) is 25.8 Å². The molecular weight excluding hydrogens is 364 g/mol. The minimum Gasteiger partial charge on any atom is -0.236 e. The molecule has 3 aromatic carbocycles. The Morgan fingerprint density at radius 3 is 1.67 bits per heavy atom. The van der Waals surface area contributed by atoms with Crippen molar-refractivity contribution in [3.63, 3.8) is 0 Å². The van der Waals surface area contributed by atoms with Crippen LogP contribution in [-0.2, 0) is 10.8 Å². The Balaban J connectivity index is 1.60. The van der Waals surface area contributed by atoms with Gasteiger partial charge in [-0.25, -0.2) is 9.97 Å². The lowest BCUT2D eigenvalue weighted by Crippen LogP contribution is -2.36. The summed E-state index contributed by atoms with van der Waals surface area (Å²) >= 11 is 0. The number of aromatic nitrogens is 2. The van der Waals surface area contributed by atoms with Gasteiger partial charge in [-0.05, 0) is 33.9 Å². The SMILES string of the molecule is CC1(C)c2ccccc2C(C)(C)c2cc(-c3cnc(-c4ccccc4)nc3)ccc21. The van der Waals surface area contributed by atoms with E-state index in [0.29, 0.717) is 0 Å². The van der Waals surface area contributed by atoms with Crippen molar-refractivity contribution in [1.82, 2.24) is 9.97 Å². The van der Waals surface area contributed by atoms with Gasteiger partial charge < -0.3 is 0 Å². The highest BCUT2D eigenvalue weighted by molar-refractivity contribution is 5.69. The second-order valence-corrected chi connectivity index (χ2v) is 9.22. The summed E-state index contributed by atoms with van der Waals surface area (Å²) in [7, 11) is 0. The predicted octanol–water partition coefficient (Wildman–Crippen LogP) is 6.78. The number of rotatable bonds is 2. The lowest BCUT2D eigenvalue weighted by molar-refractivity contribution is 0.521. The summed E-state index contributed by atoms with van der Waals surface area (Å²) in [6.45, 7) is 9.33. The van der Waals surface area contributed by atoms with Crippen LogP contribution in [0.3, 0.4) is 0 Å². The zero-order chi connectivity index (χ0) is 20.9. The number of fused-ring (bicyclic) bond motifs is 2. The zero-order valence-corrected chi connectivity index (χ0v) is 18.0. The van der Waals surface area contributed by atoms with Crippen LogP contribution in [0.2, 0.25) is 0 Å². The fourth-order valence-corrected chi connectivity index (χ4v) is 4.86. The third-order valence-corrected chi connectivity index (χ3v) is 6.66. The molecule has 0 aliphatic heterocycles. The first kappa shape index (κ1) is 18.7. The van der Waals surface area contributed by atoms with Gasteiger partial charge >= 0.3 is 0 Å². The molecule has 0 saturated heterocycles. The van der Waals surface area contributed by atoms with Gasteiger partial charge in [0.1, 0.15) is 0 Å². The molecule has 0 fully saturated rings. The van der Waals surface area contributed by atoms with Gasteiger partial charge in [0.05, 0.1) is 0 Å². The van der Waals surface area contributed by atoms with Gasteiger partial charge in [0.15, 0.2) is 5.82 Å². The quantitative estimate of drug-likeness (QED) is 0.377. The van der Waals surface area contributed by atoms with Crippen LogP contribution in [0.1, 0.15) is 49.9 Å². The van der Waals surface area contributed by atoms with E-state index in [1.54, 1.807) is 0 Å². The molecule has 0 spiro atoms. The molecule has 1 aliphatic rings. The highest BCUT2D eigenvalue weighted by Gasteiger charge is 2.41. The molecule has 1 heterocycles. The Morgan fingerprint density at radius 2 is 1.03 bits per heavy atom. The van der Waals surface area contributed by atoms with Gasteiger partial charge in [-0.1, -0.05) is 94.4 Å². The summed E-state index contributed by atoms with van der Waals surface area (Å²) in [6, 6.07) is 25.8.